The molecular formula is C20H19N7O4. The van der Waals surface area contributed by atoms with E-state index in [9.17, 15) is 14.4 Å². The number of fused-ring (bicyclic) bond motifs is 1. The second-order valence-corrected chi connectivity index (χ2v) is 6.87. The highest BCUT2D eigenvalue weighted by molar-refractivity contribution is 5.94. The normalized spacial score (nSPS) is 11.0. The quantitative estimate of drug-likeness (QED) is 0.406. The smallest absolute Gasteiger partial charge is 0.338 e. The van der Waals surface area contributed by atoms with Crippen LogP contribution in [0.25, 0.3) is 17.1 Å². The Morgan fingerprint density at radius 3 is 2.65 bits per heavy atom. The molecule has 158 valence electrons. The van der Waals surface area contributed by atoms with Gasteiger partial charge in [-0.25, -0.2) is 14.5 Å². The van der Waals surface area contributed by atoms with E-state index in [1.54, 1.807) is 16.7 Å². The summed E-state index contributed by atoms with van der Waals surface area (Å²) < 4.78 is 2.88. The molecule has 11 nitrogen and oxygen atoms in total. The van der Waals surface area contributed by atoms with Crippen LogP contribution in [0.4, 0.5) is 0 Å². The van der Waals surface area contributed by atoms with Gasteiger partial charge in [-0.1, -0.05) is 19.1 Å². The van der Waals surface area contributed by atoms with E-state index in [0.29, 0.717) is 24.3 Å². The first-order chi connectivity index (χ1) is 15.0. The molecule has 0 saturated carbocycles. The molecule has 0 saturated heterocycles. The van der Waals surface area contributed by atoms with Crippen LogP contribution < -0.4 is 10.9 Å². The van der Waals surface area contributed by atoms with Gasteiger partial charge >= 0.3 is 5.97 Å². The van der Waals surface area contributed by atoms with E-state index in [4.69, 9.17) is 5.11 Å². The highest BCUT2D eigenvalue weighted by atomic mass is 16.4. The molecule has 0 atom stereocenters. The van der Waals surface area contributed by atoms with Crippen LogP contribution in [-0.2, 0) is 6.54 Å². The van der Waals surface area contributed by atoms with Crippen LogP contribution >= 0.6 is 0 Å². The fourth-order valence-corrected chi connectivity index (χ4v) is 3.01. The van der Waals surface area contributed by atoms with Crippen molar-refractivity contribution in [1.82, 2.24) is 34.6 Å². The van der Waals surface area contributed by atoms with Crippen molar-refractivity contribution < 1.29 is 14.7 Å². The standard InChI is InChI=1S/C20H19N7O4/c1-2-7-21-17(28)13-5-3-12(4-6-13)9-26-11-22-15-16(26)24-20(25-18(15)29)27-10-14(8-23-27)19(30)31/h3-6,8,10-11H,2,7,9H2,1H3,(H,21,28)(H,30,31)(H,24,25,29). The predicted octanol–water partition coefficient (Wildman–Crippen LogP) is 1.19. The molecule has 31 heavy (non-hydrogen) atoms. The van der Waals surface area contributed by atoms with E-state index < -0.39 is 11.5 Å². The monoisotopic (exact) mass is 421 g/mol. The third kappa shape index (κ3) is 4.06. The number of nitrogens with one attached hydrogen (secondary N) is 2. The Labute approximate surface area is 175 Å². The van der Waals surface area contributed by atoms with Gasteiger partial charge in [-0.2, -0.15) is 10.1 Å². The summed E-state index contributed by atoms with van der Waals surface area (Å²) in [7, 11) is 0. The van der Waals surface area contributed by atoms with Gasteiger partial charge in [0.1, 0.15) is 0 Å². The molecular weight excluding hydrogens is 402 g/mol. The molecule has 0 bridgehead atoms. The first-order valence-corrected chi connectivity index (χ1v) is 9.57. The summed E-state index contributed by atoms with van der Waals surface area (Å²) in [5, 5.41) is 15.8. The molecule has 0 spiro atoms. The molecule has 1 aromatic carbocycles. The van der Waals surface area contributed by atoms with Gasteiger partial charge < -0.3 is 15.0 Å². The van der Waals surface area contributed by atoms with Gasteiger partial charge in [0.05, 0.1) is 24.6 Å². The Balaban J connectivity index is 1.62. The average molecular weight is 421 g/mol. The van der Waals surface area contributed by atoms with Crippen molar-refractivity contribution in [2.75, 3.05) is 6.54 Å². The van der Waals surface area contributed by atoms with Crippen LogP contribution in [0.5, 0.6) is 0 Å². The highest BCUT2D eigenvalue weighted by Crippen LogP contribution is 2.12. The number of carbonyl (C=O) groups excluding carboxylic acids is 1. The lowest BCUT2D eigenvalue weighted by atomic mass is 10.1. The Kier molecular flexibility index (Phi) is 5.31. The summed E-state index contributed by atoms with van der Waals surface area (Å²) >= 11 is 0. The zero-order chi connectivity index (χ0) is 22.0. The van der Waals surface area contributed by atoms with Gasteiger partial charge in [0.25, 0.3) is 11.5 Å². The molecule has 3 heterocycles. The SMILES string of the molecule is CCCNC(=O)c1ccc(Cn2cnc3c(=O)[nH]c(-n4cc(C(=O)O)cn4)nc32)cc1. The number of hydrogen-bond acceptors (Lipinski definition) is 6. The molecule has 0 aliphatic carbocycles. The van der Waals surface area contributed by atoms with Gasteiger partial charge in [0, 0.05) is 18.3 Å². The Morgan fingerprint density at radius 2 is 1.97 bits per heavy atom. The van der Waals surface area contributed by atoms with Gasteiger partial charge in [-0.15, -0.1) is 0 Å². The second-order valence-electron chi connectivity index (χ2n) is 6.87. The van der Waals surface area contributed by atoms with Crippen molar-refractivity contribution in [2.45, 2.75) is 19.9 Å². The number of benzene rings is 1. The number of rotatable bonds is 7. The fourth-order valence-electron chi connectivity index (χ4n) is 3.01. The zero-order valence-corrected chi connectivity index (χ0v) is 16.6. The zero-order valence-electron chi connectivity index (χ0n) is 16.6. The maximum absolute atomic E-state index is 12.4. The van der Waals surface area contributed by atoms with E-state index >= 15 is 0 Å². The summed E-state index contributed by atoms with van der Waals surface area (Å²) in [6.45, 7) is 2.98. The Bertz CT molecular complexity index is 1320. The van der Waals surface area contributed by atoms with Crippen LogP contribution in [0.1, 0.15) is 39.6 Å². The summed E-state index contributed by atoms with van der Waals surface area (Å²) in [4.78, 5) is 46.6. The minimum atomic E-state index is -1.13. The molecule has 4 aromatic rings. The van der Waals surface area contributed by atoms with Gasteiger partial charge in [-0.05, 0) is 24.1 Å². The third-order valence-corrected chi connectivity index (χ3v) is 4.61. The van der Waals surface area contributed by atoms with Crippen molar-refractivity contribution in [3.8, 4) is 5.95 Å². The number of H-pyrrole nitrogens is 1. The van der Waals surface area contributed by atoms with Crippen LogP contribution in [0.2, 0.25) is 0 Å². The van der Waals surface area contributed by atoms with Gasteiger partial charge in [0.2, 0.25) is 5.95 Å². The first-order valence-electron chi connectivity index (χ1n) is 9.57. The van der Waals surface area contributed by atoms with E-state index in [2.05, 4.69) is 25.4 Å². The van der Waals surface area contributed by atoms with E-state index in [1.807, 2.05) is 19.1 Å². The number of amides is 1. The molecule has 0 fully saturated rings. The Hall–Kier alpha value is -4.28. The van der Waals surface area contributed by atoms with Crippen molar-refractivity contribution in [2.24, 2.45) is 0 Å². The Morgan fingerprint density at radius 1 is 1.19 bits per heavy atom. The molecule has 0 aliphatic heterocycles. The topological polar surface area (TPSA) is 148 Å². The molecule has 3 aromatic heterocycles. The lowest BCUT2D eigenvalue weighted by molar-refractivity contribution is 0.0696. The largest absolute Gasteiger partial charge is 0.478 e. The highest BCUT2D eigenvalue weighted by Gasteiger charge is 2.14. The average Bonchev–Trinajstić information content (AvgIpc) is 3.41. The summed E-state index contributed by atoms with van der Waals surface area (Å²) in [5.74, 6) is -1.18. The van der Waals surface area contributed by atoms with Gasteiger partial charge in [0.15, 0.2) is 11.2 Å². The number of aromatic nitrogens is 6. The van der Waals surface area contributed by atoms with Crippen LogP contribution in [0.15, 0.2) is 47.8 Å². The minimum absolute atomic E-state index is 0.0284. The van der Waals surface area contributed by atoms with Crippen molar-refractivity contribution in [3.05, 3.63) is 70.0 Å². The lowest BCUT2D eigenvalue weighted by Crippen LogP contribution is -2.23. The third-order valence-electron chi connectivity index (χ3n) is 4.61. The fraction of sp³-hybridized carbons (Fsp3) is 0.200. The van der Waals surface area contributed by atoms with Crippen molar-refractivity contribution in [1.29, 1.82) is 0 Å². The number of aromatic amines is 1. The maximum Gasteiger partial charge on any atom is 0.338 e. The summed E-state index contributed by atoms with van der Waals surface area (Å²) in [6.07, 6.45) is 4.80. The van der Waals surface area contributed by atoms with E-state index in [0.717, 1.165) is 12.0 Å². The molecule has 1 amide bonds. The first kappa shape index (κ1) is 20.0. The second kappa shape index (κ2) is 8.22. The van der Waals surface area contributed by atoms with Crippen LogP contribution in [-0.4, -0.2) is 52.8 Å². The summed E-state index contributed by atoms with van der Waals surface area (Å²) in [6, 6.07) is 7.13. The minimum Gasteiger partial charge on any atom is -0.478 e. The van der Waals surface area contributed by atoms with Crippen molar-refractivity contribution in [3.63, 3.8) is 0 Å². The molecule has 11 heteroatoms. The maximum atomic E-state index is 12.4. The number of aromatic carboxylic acids is 1. The predicted molar refractivity (Wildman–Crippen MR) is 110 cm³/mol. The van der Waals surface area contributed by atoms with Crippen LogP contribution in [0.3, 0.4) is 0 Å². The van der Waals surface area contributed by atoms with Gasteiger partial charge in [-0.3, -0.25) is 14.6 Å². The number of nitrogens with zero attached hydrogens (tertiary/aromatic N) is 5. The molecule has 0 aliphatic rings. The number of carboxylic acids is 1. The molecule has 3 N–H and O–H groups in total. The number of hydrogen-bond donors (Lipinski definition) is 3. The molecule has 4 rings (SSSR count). The van der Waals surface area contributed by atoms with Crippen molar-refractivity contribution >= 4 is 23.0 Å². The lowest BCUT2D eigenvalue weighted by Gasteiger charge is -2.07. The van der Waals surface area contributed by atoms with E-state index in [1.165, 1.54) is 23.4 Å². The van der Waals surface area contributed by atoms with Crippen LogP contribution in [0, 0.1) is 0 Å². The molecule has 0 unspecified atom stereocenters. The van der Waals surface area contributed by atoms with E-state index in [-0.39, 0.29) is 22.9 Å². The molecule has 0 radical (unpaired) electrons. The number of imidazole rings is 1. The summed E-state index contributed by atoms with van der Waals surface area (Å²) in [5.41, 5.74) is 1.45. The number of carbonyl (C=O) groups is 2. The number of carboxylic acid groups (broad SMARTS) is 1.